The number of phenolic OH excluding ortho intramolecular Hbond substituents is 1. The molecular weight excluding hydrogens is 534 g/mol. The van der Waals surface area contributed by atoms with E-state index >= 15 is 0 Å². The number of nitrogens with one attached hydrogen (secondary N) is 2. The second kappa shape index (κ2) is 10.7. The van der Waals surface area contributed by atoms with Gasteiger partial charge in [-0.2, -0.15) is 9.61 Å². The number of fused-ring (bicyclic) bond motifs is 1. The third kappa shape index (κ3) is 5.41. The maximum absolute atomic E-state index is 12.5. The van der Waals surface area contributed by atoms with E-state index in [1.54, 1.807) is 54.2 Å². The van der Waals surface area contributed by atoms with Gasteiger partial charge in [0, 0.05) is 30.3 Å². The molecule has 5 rings (SSSR count). The number of para-hydroxylation sites is 1. The molecule has 0 unspecified atom stereocenters. The topological polar surface area (TPSA) is 101 Å². The van der Waals surface area contributed by atoms with E-state index in [4.69, 9.17) is 4.74 Å². The van der Waals surface area contributed by atoms with Crippen molar-refractivity contribution in [3.05, 3.63) is 106 Å². The summed E-state index contributed by atoms with van der Waals surface area (Å²) in [5.74, 6) is 1.39. The Morgan fingerprint density at radius 1 is 1.00 bits per heavy atom. The zero-order valence-corrected chi connectivity index (χ0v) is 21.6. The van der Waals surface area contributed by atoms with Crippen LogP contribution in [0.25, 0.3) is 16.9 Å². The van der Waals surface area contributed by atoms with E-state index < -0.39 is 0 Å². The Hall–Kier alpha value is -4.37. The molecule has 1 amide bonds. The minimum Gasteiger partial charge on any atom is -0.507 e. The normalized spacial score (nSPS) is 10.9. The fourth-order valence-electron chi connectivity index (χ4n) is 3.91. The molecule has 186 valence electrons. The van der Waals surface area contributed by atoms with Crippen LogP contribution < -0.4 is 15.4 Å². The van der Waals surface area contributed by atoms with Crippen LogP contribution in [0.3, 0.4) is 0 Å². The lowest BCUT2D eigenvalue weighted by atomic mass is 10.1. The van der Waals surface area contributed by atoms with Crippen LogP contribution in [0.5, 0.6) is 11.5 Å². The average Bonchev–Trinajstić information content (AvgIpc) is 3.31. The second-order valence-electron chi connectivity index (χ2n) is 8.36. The quantitative estimate of drug-likeness (QED) is 0.235. The van der Waals surface area contributed by atoms with Gasteiger partial charge in [-0.05, 0) is 57.4 Å². The summed E-state index contributed by atoms with van der Waals surface area (Å²) in [7, 11) is 1.58. The number of nitrogens with zero attached hydrogens (tertiary/aromatic N) is 3. The number of methoxy groups -OCH3 is 1. The number of hydrogen-bond donors (Lipinski definition) is 3. The van der Waals surface area contributed by atoms with Crippen LogP contribution in [0, 0.1) is 0 Å². The lowest BCUT2D eigenvalue weighted by Crippen LogP contribution is -2.22. The standard InChI is InChI=1S/C28H24BrN5O3/c1-37-21-6-4-5-20(13-21)28(36)31-16-19-11-9-18(10-12-19)15-30-26-14-24(22-7-2-3-8-25(22)35)33-27-23(29)17-32-34(26)27/h2-14,17,30,35H,15-16H2,1H3,(H,31,36). The van der Waals surface area contributed by atoms with Crippen molar-refractivity contribution in [3.63, 3.8) is 0 Å². The number of halogens is 1. The molecule has 37 heavy (non-hydrogen) atoms. The number of carbonyl (C=O) groups is 1. The molecule has 0 saturated carbocycles. The van der Waals surface area contributed by atoms with Crippen molar-refractivity contribution in [2.24, 2.45) is 0 Å². The first-order valence-corrected chi connectivity index (χ1v) is 12.4. The molecule has 0 aliphatic heterocycles. The first-order chi connectivity index (χ1) is 18.0. The number of rotatable bonds is 8. The highest BCUT2D eigenvalue weighted by molar-refractivity contribution is 9.10. The predicted octanol–water partition coefficient (Wildman–Crippen LogP) is 5.42. The Bertz CT molecular complexity index is 1570. The molecule has 2 heterocycles. The summed E-state index contributed by atoms with van der Waals surface area (Å²) in [6.07, 6.45) is 1.69. The van der Waals surface area contributed by atoms with Crippen molar-refractivity contribution in [2.45, 2.75) is 13.1 Å². The zero-order chi connectivity index (χ0) is 25.8. The van der Waals surface area contributed by atoms with Crippen LogP contribution in [-0.2, 0) is 13.1 Å². The van der Waals surface area contributed by atoms with Crippen LogP contribution in [0.15, 0.2) is 89.5 Å². The number of amides is 1. The molecular formula is C28H24BrN5O3. The molecule has 0 spiro atoms. The highest BCUT2D eigenvalue weighted by Crippen LogP contribution is 2.31. The van der Waals surface area contributed by atoms with Gasteiger partial charge in [0.2, 0.25) is 0 Å². The number of aromatic nitrogens is 3. The summed E-state index contributed by atoms with van der Waals surface area (Å²) in [5, 5.41) is 21.1. The first kappa shape index (κ1) is 24.3. The van der Waals surface area contributed by atoms with Crippen LogP contribution in [0.1, 0.15) is 21.5 Å². The van der Waals surface area contributed by atoms with Gasteiger partial charge < -0.3 is 20.5 Å². The van der Waals surface area contributed by atoms with Gasteiger partial charge in [-0.3, -0.25) is 4.79 Å². The third-order valence-electron chi connectivity index (χ3n) is 5.89. The van der Waals surface area contributed by atoms with Crippen LogP contribution in [-0.4, -0.2) is 32.7 Å². The van der Waals surface area contributed by atoms with E-state index in [1.807, 2.05) is 42.5 Å². The number of hydrogen-bond acceptors (Lipinski definition) is 6. The molecule has 0 aliphatic carbocycles. The maximum atomic E-state index is 12.5. The number of carbonyl (C=O) groups excluding carboxylic acids is 1. The van der Waals surface area contributed by atoms with Gasteiger partial charge in [-0.15, -0.1) is 0 Å². The summed E-state index contributed by atoms with van der Waals surface area (Å²) in [5.41, 5.74) is 4.52. The average molecular weight is 558 g/mol. The summed E-state index contributed by atoms with van der Waals surface area (Å²) in [6, 6.07) is 24.0. The molecule has 2 aromatic heterocycles. The van der Waals surface area contributed by atoms with Gasteiger partial charge in [-0.1, -0.05) is 42.5 Å². The fraction of sp³-hybridized carbons (Fsp3) is 0.107. The Morgan fingerprint density at radius 2 is 1.76 bits per heavy atom. The number of benzene rings is 3. The van der Waals surface area contributed by atoms with Gasteiger partial charge in [0.25, 0.3) is 5.91 Å². The molecule has 3 N–H and O–H groups in total. The van der Waals surface area contributed by atoms with Crippen molar-refractivity contribution in [1.29, 1.82) is 0 Å². The predicted molar refractivity (Wildman–Crippen MR) is 146 cm³/mol. The molecule has 8 nitrogen and oxygen atoms in total. The smallest absolute Gasteiger partial charge is 0.251 e. The van der Waals surface area contributed by atoms with E-state index in [0.717, 1.165) is 21.4 Å². The summed E-state index contributed by atoms with van der Waals surface area (Å²) >= 11 is 3.50. The van der Waals surface area contributed by atoms with Crippen molar-refractivity contribution < 1.29 is 14.6 Å². The van der Waals surface area contributed by atoms with Gasteiger partial charge in [0.1, 0.15) is 17.3 Å². The third-order valence-corrected chi connectivity index (χ3v) is 6.45. The molecule has 9 heteroatoms. The minimum absolute atomic E-state index is 0.156. The van der Waals surface area contributed by atoms with Crippen LogP contribution in [0.2, 0.25) is 0 Å². The number of phenols is 1. The first-order valence-electron chi connectivity index (χ1n) is 11.6. The number of aromatic hydroxyl groups is 1. The Balaban J connectivity index is 1.27. The van der Waals surface area contributed by atoms with Crippen molar-refractivity contribution in [1.82, 2.24) is 19.9 Å². The lowest BCUT2D eigenvalue weighted by molar-refractivity contribution is 0.0950. The van der Waals surface area contributed by atoms with Crippen LogP contribution >= 0.6 is 15.9 Å². The summed E-state index contributed by atoms with van der Waals surface area (Å²) in [6.45, 7) is 0.966. The molecule has 0 radical (unpaired) electrons. The minimum atomic E-state index is -0.156. The Kier molecular flexibility index (Phi) is 7.04. The Labute approximate surface area is 222 Å². The molecule has 0 aliphatic rings. The van der Waals surface area contributed by atoms with E-state index in [1.165, 1.54) is 0 Å². The highest BCUT2D eigenvalue weighted by Gasteiger charge is 2.13. The van der Waals surface area contributed by atoms with E-state index in [2.05, 4.69) is 36.6 Å². The SMILES string of the molecule is COc1cccc(C(=O)NCc2ccc(CNc3cc(-c4ccccc4O)nc4c(Br)cnn34)cc2)c1. The van der Waals surface area contributed by atoms with E-state index in [0.29, 0.717) is 41.3 Å². The van der Waals surface area contributed by atoms with E-state index in [9.17, 15) is 9.90 Å². The zero-order valence-electron chi connectivity index (χ0n) is 20.0. The van der Waals surface area contributed by atoms with Crippen LogP contribution in [0.4, 0.5) is 5.82 Å². The number of anilines is 1. The van der Waals surface area contributed by atoms with Crippen molar-refractivity contribution >= 4 is 33.3 Å². The largest absolute Gasteiger partial charge is 0.507 e. The highest BCUT2D eigenvalue weighted by atomic mass is 79.9. The lowest BCUT2D eigenvalue weighted by Gasteiger charge is -2.12. The van der Waals surface area contributed by atoms with E-state index in [-0.39, 0.29) is 11.7 Å². The molecule has 0 bridgehead atoms. The fourth-order valence-corrected chi connectivity index (χ4v) is 4.25. The number of ether oxygens (including phenoxy) is 1. The van der Waals surface area contributed by atoms with Gasteiger partial charge in [-0.25, -0.2) is 4.98 Å². The monoisotopic (exact) mass is 557 g/mol. The summed E-state index contributed by atoms with van der Waals surface area (Å²) in [4.78, 5) is 17.1. The molecule has 0 saturated heterocycles. The molecule has 3 aromatic carbocycles. The van der Waals surface area contributed by atoms with Gasteiger partial charge >= 0.3 is 0 Å². The van der Waals surface area contributed by atoms with Gasteiger partial charge in [0.15, 0.2) is 5.65 Å². The maximum Gasteiger partial charge on any atom is 0.251 e. The molecule has 0 atom stereocenters. The summed E-state index contributed by atoms with van der Waals surface area (Å²) < 4.78 is 7.66. The second-order valence-corrected chi connectivity index (χ2v) is 9.21. The van der Waals surface area contributed by atoms with Gasteiger partial charge in [0.05, 0.1) is 23.5 Å². The van der Waals surface area contributed by atoms with Crippen molar-refractivity contribution in [2.75, 3.05) is 12.4 Å². The molecule has 0 fully saturated rings. The molecule has 5 aromatic rings. The van der Waals surface area contributed by atoms with Crippen molar-refractivity contribution in [3.8, 4) is 22.8 Å². The Morgan fingerprint density at radius 3 is 2.51 bits per heavy atom.